The van der Waals surface area contributed by atoms with E-state index in [1.165, 1.54) is 37.0 Å². The smallest absolute Gasteiger partial charge is 0.338 e. The molecule has 2 N–H and O–H groups in total. The lowest BCUT2D eigenvalue weighted by Crippen LogP contribution is -2.52. The summed E-state index contributed by atoms with van der Waals surface area (Å²) in [5, 5.41) is 5.64. The van der Waals surface area contributed by atoms with Crippen LogP contribution in [0.25, 0.3) is 6.08 Å². The van der Waals surface area contributed by atoms with E-state index in [4.69, 9.17) is 4.74 Å². The SMILES string of the molecule is O=C(/C=C/c1ccccc1)N[C@@H](COC(=O)c1ccncc1)C(=O)NC1CCCCC1. The maximum Gasteiger partial charge on any atom is 0.338 e. The third kappa shape index (κ3) is 7.37. The highest BCUT2D eigenvalue weighted by Crippen LogP contribution is 2.17. The normalized spacial score (nSPS) is 15.2. The minimum Gasteiger partial charge on any atom is -0.459 e. The molecule has 7 heteroatoms. The topological polar surface area (TPSA) is 97.4 Å². The average molecular weight is 421 g/mol. The number of carbonyl (C=O) groups excluding carboxylic acids is 3. The number of aromatic nitrogens is 1. The summed E-state index contributed by atoms with van der Waals surface area (Å²) in [6.45, 7) is -0.259. The molecule has 1 saturated carbocycles. The maximum atomic E-state index is 12.8. The van der Waals surface area contributed by atoms with Crippen LogP contribution in [0, 0.1) is 0 Å². The van der Waals surface area contributed by atoms with Gasteiger partial charge in [0.25, 0.3) is 0 Å². The molecule has 0 spiro atoms. The first-order valence-electron chi connectivity index (χ1n) is 10.5. The number of carbonyl (C=O) groups is 3. The van der Waals surface area contributed by atoms with E-state index in [1.54, 1.807) is 6.08 Å². The van der Waals surface area contributed by atoms with Gasteiger partial charge in [-0.2, -0.15) is 0 Å². The number of ether oxygens (including phenoxy) is 1. The Bertz CT molecular complexity index is 894. The van der Waals surface area contributed by atoms with E-state index in [0.717, 1.165) is 31.2 Å². The third-order valence-corrected chi connectivity index (χ3v) is 5.11. The van der Waals surface area contributed by atoms with E-state index in [0.29, 0.717) is 5.56 Å². The standard InChI is InChI=1S/C24H27N3O4/c28-22(12-11-18-7-3-1-4-8-18)27-21(23(29)26-20-9-5-2-6-10-20)17-31-24(30)19-13-15-25-16-14-19/h1,3-4,7-8,11-16,20-21H,2,5-6,9-10,17H2,(H,26,29)(H,27,28)/b12-11+/t21-/m0/s1. The lowest BCUT2D eigenvalue weighted by Gasteiger charge is -2.25. The van der Waals surface area contributed by atoms with Crippen molar-refractivity contribution in [3.63, 3.8) is 0 Å². The number of benzene rings is 1. The third-order valence-electron chi connectivity index (χ3n) is 5.11. The van der Waals surface area contributed by atoms with Crippen LogP contribution in [-0.2, 0) is 14.3 Å². The molecule has 2 aromatic rings. The van der Waals surface area contributed by atoms with Crippen molar-refractivity contribution < 1.29 is 19.1 Å². The van der Waals surface area contributed by atoms with Gasteiger partial charge in [0.05, 0.1) is 5.56 Å². The van der Waals surface area contributed by atoms with E-state index >= 15 is 0 Å². The van der Waals surface area contributed by atoms with Crippen LogP contribution in [0.15, 0.2) is 60.9 Å². The molecule has 0 unspecified atom stereocenters. The molecule has 31 heavy (non-hydrogen) atoms. The highest BCUT2D eigenvalue weighted by molar-refractivity contribution is 5.96. The van der Waals surface area contributed by atoms with Crippen LogP contribution in [0.2, 0.25) is 0 Å². The summed E-state index contributed by atoms with van der Waals surface area (Å²) in [5.41, 5.74) is 1.20. The van der Waals surface area contributed by atoms with E-state index in [2.05, 4.69) is 15.6 Å². The van der Waals surface area contributed by atoms with Crippen molar-refractivity contribution >= 4 is 23.9 Å². The van der Waals surface area contributed by atoms with Crippen LogP contribution in [0.4, 0.5) is 0 Å². The van der Waals surface area contributed by atoms with Gasteiger partial charge in [-0.1, -0.05) is 49.6 Å². The van der Waals surface area contributed by atoms with Crippen LogP contribution < -0.4 is 10.6 Å². The maximum absolute atomic E-state index is 12.8. The number of nitrogens with one attached hydrogen (secondary N) is 2. The second kappa shape index (κ2) is 11.6. The second-order valence-electron chi connectivity index (χ2n) is 7.48. The Morgan fingerprint density at radius 3 is 2.45 bits per heavy atom. The molecule has 0 saturated heterocycles. The minimum absolute atomic E-state index is 0.0800. The Labute approximate surface area is 181 Å². The Kier molecular flexibility index (Phi) is 8.34. The van der Waals surface area contributed by atoms with Crippen molar-refractivity contribution in [2.24, 2.45) is 0 Å². The van der Waals surface area contributed by atoms with Gasteiger partial charge in [0.2, 0.25) is 11.8 Å². The molecule has 0 radical (unpaired) electrons. The van der Waals surface area contributed by atoms with Crippen molar-refractivity contribution in [3.05, 3.63) is 72.1 Å². The number of nitrogens with zero attached hydrogens (tertiary/aromatic N) is 1. The fourth-order valence-corrected chi connectivity index (χ4v) is 3.42. The van der Waals surface area contributed by atoms with Crippen molar-refractivity contribution in [3.8, 4) is 0 Å². The van der Waals surface area contributed by atoms with Crippen molar-refractivity contribution in [2.75, 3.05) is 6.61 Å². The van der Waals surface area contributed by atoms with E-state index in [1.807, 2.05) is 30.3 Å². The fraction of sp³-hybridized carbons (Fsp3) is 0.333. The molecule has 1 aromatic carbocycles. The van der Waals surface area contributed by atoms with Gasteiger partial charge in [-0.3, -0.25) is 14.6 Å². The molecule has 1 heterocycles. The summed E-state index contributed by atoms with van der Waals surface area (Å²) in [4.78, 5) is 41.3. The van der Waals surface area contributed by atoms with E-state index in [9.17, 15) is 14.4 Å². The summed E-state index contributed by atoms with van der Waals surface area (Å²) < 4.78 is 5.30. The van der Waals surface area contributed by atoms with Gasteiger partial charge < -0.3 is 15.4 Å². The zero-order chi connectivity index (χ0) is 21.9. The highest BCUT2D eigenvalue weighted by atomic mass is 16.5. The summed E-state index contributed by atoms with van der Waals surface area (Å²) >= 11 is 0. The number of hydrogen-bond donors (Lipinski definition) is 2. The summed E-state index contributed by atoms with van der Waals surface area (Å²) in [7, 11) is 0. The molecule has 0 bridgehead atoms. The molecular formula is C24H27N3O4. The van der Waals surface area contributed by atoms with Gasteiger partial charge in [-0.05, 0) is 36.6 Å². The number of rotatable bonds is 8. The van der Waals surface area contributed by atoms with Crippen molar-refractivity contribution in [1.82, 2.24) is 15.6 Å². The van der Waals surface area contributed by atoms with Crippen LogP contribution >= 0.6 is 0 Å². The fourth-order valence-electron chi connectivity index (χ4n) is 3.42. The zero-order valence-corrected chi connectivity index (χ0v) is 17.3. The van der Waals surface area contributed by atoms with Crippen LogP contribution in [-0.4, -0.2) is 41.5 Å². The first-order valence-corrected chi connectivity index (χ1v) is 10.5. The van der Waals surface area contributed by atoms with Crippen LogP contribution in [0.1, 0.15) is 48.0 Å². The number of pyridine rings is 1. The van der Waals surface area contributed by atoms with Gasteiger partial charge in [-0.25, -0.2) is 4.79 Å². The van der Waals surface area contributed by atoms with E-state index < -0.39 is 17.9 Å². The van der Waals surface area contributed by atoms with Gasteiger partial charge in [0.15, 0.2) is 0 Å². The Morgan fingerprint density at radius 1 is 1.03 bits per heavy atom. The molecule has 1 aromatic heterocycles. The van der Waals surface area contributed by atoms with Crippen molar-refractivity contribution in [1.29, 1.82) is 0 Å². The monoisotopic (exact) mass is 421 g/mol. The predicted molar refractivity (Wildman–Crippen MR) is 117 cm³/mol. The van der Waals surface area contributed by atoms with Crippen molar-refractivity contribution in [2.45, 2.75) is 44.2 Å². The Balaban J connectivity index is 1.62. The van der Waals surface area contributed by atoms with Crippen LogP contribution in [0.5, 0.6) is 0 Å². The Hall–Kier alpha value is -3.48. The predicted octanol–water partition coefficient (Wildman–Crippen LogP) is 2.89. The molecule has 2 amide bonds. The van der Waals surface area contributed by atoms with Crippen LogP contribution in [0.3, 0.4) is 0 Å². The summed E-state index contributed by atoms with van der Waals surface area (Å²) in [6, 6.07) is 11.5. The summed E-state index contributed by atoms with van der Waals surface area (Å²) in [6.07, 6.45) is 11.1. The first kappa shape index (κ1) is 22.2. The average Bonchev–Trinajstić information content (AvgIpc) is 2.82. The molecule has 0 aliphatic heterocycles. The number of amides is 2. The molecule has 7 nitrogen and oxygen atoms in total. The molecular weight excluding hydrogens is 394 g/mol. The van der Waals surface area contributed by atoms with Gasteiger partial charge in [0, 0.05) is 24.5 Å². The minimum atomic E-state index is -0.986. The lowest BCUT2D eigenvalue weighted by molar-refractivity contribution is -0.128. The molecule has 1 atom stereocenters. The molecule has 3 rings (SSSR count). The van der Waals surface area contributed by atoms with E-state index in [-0.39, 0.29) is 18.6 Å². The number of esters is 1. The zero-order valence-electron chi connectivity index (χ0n) is 17.3. The van der Waals surface area contributed by atoms with Gasteiger partial charge >= 0.3 is 5.97 Å². The number of hydrogen-bond acceptors (Lipinski definition) is 5. The lowest BCUT2D eigenvalue weighted by atomic mass is 9.95. The Morgan fingerprint density at radius 2 is 1.74 bits per heavy atom. The molecule has 1 fully saturated rings. The second-order valence-corrected chi connectivity index (χ2v) is 7.48. The summed E-state index contributed by atoms with van der Waals surface area (Å²) in [5.74, 6) is -1.37. The largest absolute Gasteiger partial charge is 0.459 e. The molecule has 1 aliphatic carbocycles. The van der Waals surface area contributed by atoms with Gasteiger partial charge in [0.1, 0.15) is 12.6 Å². The van der Waals surface area contributed by atoms with Gasteiger partial charge in [-0.15, -0.1) is 0 Å². The molecule has 1 aliphatic rings. The first-order chi connectivity index (χ1) is 15.1. The quantitative estimate of drug-likeness (QED) is 0.505. The highest BCUT2D eigenvalue weighted by Gasteiger charge is 2.25. The molecule has 162 valence electrons.